The van der Waals surface area contributed by atoms with Gasteiger partial charge < -0.3 is 9.64 Å². The smallest absolute Gasteiger partial charge is 0.327 e. The van der Waals surface area contributed by atoms with E-state index in [-0.39, 0.29) is 17.4 Å². The van der Waals surface area contributed by atoms with Gasteiger partial charge in [-0.1, -0.05) is 20.8 Å². The maximum absolute atomic E-state index is 12.7. The molecule has 0 amide bonds. The second-order valence-electron chi connectivity index (χ2n) is 8.00. The lowest BCUT2D eigenvalue weighted by Crippen LogP contribution is -2.63. The molecule has 1 atom stereocenters. The summed E-state index contributed by atoms with van der Waals surface area (Å²) in [6.45, 7) is 14.9. The van der Waals surface area contributed by atoms with Crippen molar-refractivity contribution in [3.05, 3.63) is 0 Å². The van der Waals surface area contributed by atoms with Crippen molar-refractivity contribution >= 4 is 5.97 Å². The van der Waals surface area contributed by atoms with Crippen LogP contribution >= 0.6 is 0 Å². The predicted octanol–water partition coefficient (Wildman–Crippen LogP) is 2.67. The third-order valence-corrected chi connectivity index (χ3v) is 3.72. The molecule has 0 aromatic heterocycles. The summed E-state index contributed by atoms with van der Waals surface area (Å²) in [6, 6.07) is 0.262. The first-order valence-electron chi connectivity index (χ1n) is 8.24. The first kappa shape index (κ1) is 18.4. The van der Waals surface area contributed by atoms with E-state index >= 15 is 0 Å². The normalized spacial score (nSPS) is 18.9. The molecule has 0 aliphatic heterocycles. The van der Waals surface area contributed by atoms with Crippen LogP contribution in [0.3, 0.4) is 0 Å². The molecule has 1 unspecified atom stereocenters. The van der Waals surface area contributed by atoms with Gasteiger partial charge in [-0.3, -0.25) is 5.32 Å². The molecule has 1 saturated carbocycles. The molecule has 21 heavy (non-hydrogen) atoms. The van der Waals surface area contributed by atoms with Gasteiger partial charge in [-0.15, -0.1) is 0 Å². The van der Waals surface area contributed by atoms with Crippen LogP contribution in [0.15, 0.2) is 0 Å². The number of carbonyl (C=O) groups is 1. The Bertz CT molecular complexity index is 345. The lowest BCUT2D eigenvalue weighted by atomic mass is 9.89. The molecule has 0 saturated heterocycles. The van der Waals surface area contributed by atoms with Gasteiger partial charge in [-0.2, -0.15) is 0 Å². The van der Waals surface area contributed by atoms with E-state index in [4.69, 9.17) is 4.74 Å². The lowest BCUT2D eigenvalue weighted by Gasteiger charge is -2.39. The molecule has 0 aromatic carbocycles. The van der Waals surface area contributed by atoms with Gasteiger partial charge in [0.05, 0.1) is 6.61 Å². The summed E-state index contributed by atoms with van der Waals surface area (Å²) in [4.78, 5) is 14.9. The van der Waals surface area contributed by atoms with Gasteiger partial charge in [0.25, 0.3) is 0 Å². The van der Waals surface area contributed by atoms with Crippen molar-refractivity contribution in [3.8, 4) is 0 Å². The fourth-order valence-corrected chi connectivity index (χ4v) is 3.23. The van der Waals surface area contributed by atoms with Crippen molar-refractivity contribution < 1.29 is 9.53 Å². The Balaban J connectivity index is 2.91. The minimum Gasteiger partial charge on any atom is -0.465 e. The highest BCUT2D eigenvalue weighted by atomic mass is 16.5. The maximum atomic E-state index is 12.7. The molecule has 0 spiro atoms. The summed E-state index contributed by atoms with van der Waals surface area (Å²) in [5, 5.41) is 3.54. The van der Waals surface area contributed by atoms with Gasteiger partial charge in [0.1, 0.15) is 5.54 Å². The lowest BCUT2D eigenvalue weighted by molar-refractivity contribution is -0.153. The van der Waals surface area contributed by atoms with Crippen LogP contribution in [-0.4, -0.2) is 49.2 Å². The van der Waals surface area contributed by atoms with E-state index in [1.807, 2.05) is 6.92 Å². The number of hydrogen-bond donors (Lipinski definition) is 1. The average molecular weight is 298 g/mol. The number of nitrogens with zero attached hydrogens (tertiary/aromatic N) is 1. The quantitative estimate of drug-likeness (QED) is 0.700. The Morgan fingerprint density at radius 3 is 2.24 bits per heavy atom. The number of likely N-dealkylation sites (N-methyl/N-ethyl adjacent to an activating group) is 1. The zero-order valence-electron chi connectivity index (χ0n) is 15.0. The number of rotatable bonds is 8. The van der Waals surface area contributed by atoms with Crippen LogP contribution in [-0.2, 0) is 9.53 Å². The Hall–Kier alpha value is -0.610. The highest BCUT2D eigenvalue weighted by Crippen LogP contribution is 2.41. The molecule has 1 N–H and O–H groups in total. The fraction of sp³-hybridized carbons (Fsp3) is 0.941. The number of hydrogen-bond acceptors (Lipinski definition) is 4. The molecule has 0 bridgehead atoms. The van der Waals surface area contributed by atoms with Crippen molar-refractivity contribution in [1.29, 1.82) is 0 Å². The van der Waals surface area contributed by atoms with E-state index in [0.717, 1.165) is 19.4 Å². The van der Waals surface area contributed by atoms with E-state index in [1.165, 1.54) is 0 Å². The second kappa shape index (κ2) is 7.10. The zero-order valence-corrected chi connectivity index (χ0v) is 15.0. The van der Waals surface area contributed by atoms with E-state index in [9.17, 15) is 4.79 Å². The molecule has 0 aromatic rings. The van der Waals surface area contributed by atoms with Crippen LogP contribution in [0.25, 0.3) is 0 Å². The number of esters is 1. The highest BCUT2D eigenvalue weighted by Gasteiger charge is 2.52. The summed E-state index contributed by atoms with van der Waals surface area (Å²) in [5.41, 5.74) is -0.333. The van der Waals surface area contributed by atoms with Crippen LogP contribution in [0.1, 0.15) is 54.4 Å². The third-order valence-electron chi connectivity index (χ3n) is 3.72. The van der Waals surface area contributed by atoms with E-state index in [0.29, 0.717) is 19.1 Å². The van der Waals surface area contributed by atoms with Crippen LogP contribution in [0.2, 0.25) is 0 Å². The topological polar surface area (TPSA) is 41.6 Å². The summed E-state index contributed by atoms with van der Waals surface area (Å²) >= 11 is 0. The molecule has 1 aliphatic rings. The van der Waals surface area contributed by atoms with Crippen LogP contribution < -0.4 is 5.32 Å². The Morgan fingerprint density at radius 2 is 1.86 bits per heavy atom. The largest absolute Gasteiger partial charge is 0.465 e. The summed E-state index contributed by atoms with van der Waals surface area (Å²) < 4.78 is 5.41. The summed E-state index contributed by atoms with van der Waals surface area (Å²) in [6.07, 6.45) is 2.23. The van der Waals surface area contributed by atoms with Crippen LogP contribution in [0.5, 0.6) is 0 Å². The molecule has 1 rings (SSSR count). The minimum atomic E-state index is -0.551. The predicted molar refractivity (Wildman–Crippen MR) is 87.3 cm³/mol. The van der Waals surface area contributed by atoms with Gasteiger partial charge in [-0.05, 0) is 52.0 Å². The number of carbonyl (C=O) groups excluding carboxylic acids is 1. The van der Waals surface area contributed by atoms with Crippen LogP contribution in [0.4, 0.5) is 0 Å². The van der Waals surface area contributed by atoms with Gasteiger partial charge in [-0.25, -0.2) is 4.79 Å². The molecule has 1 fully saturated rings. The highest BCUT2D eigenvalue weighted by molar-refractivity contribution is 5.82. The van der Waals surface area contributed by atoms with Crippen molar-refractivity contribution in [2.75, 3.05) is 26.7 Å². The zero-order chi connectivity index (χ0) is 16.3. The molecule has 0 heterocycles. The van der Waals surface area contributed by atoms with Crippen molar-refractivity contribution in [3.63, 3.8) is 0 Å². The number of ether oxygens (including phenoxy) is 1. The first-order chi connectivity index (χ1) is 9.60. The standard InChI is InChI=1S/C17H34N2O2/c1-8-21-15(20)17(14-9-10-14,18-13(2)3)12-19(7)11-16(4,5)6/h13-14,18H,8-12H2,1-7H3. The Kier molecular flexibility index (Phi) is 6.23. The van der Waals surface area contributed by atoms with Gasteiger partial charge in [0.15, 0.2) is 0 Å². The van der Waals surface area contributed by atoms with Gasteiger partial charge in [0.2, 0.25) is 0 Å². The molecular weight excluding hydrogens is 264 g/mol. The van der Waals surface area contributed by atoms with Crippen LogP contribution in [0, 0.1) is 11.3 Å². The average Bonchev–Trinajstić information content (AvgIpc) is 3.08. The fourth-order valence-electron chi connectivity index (χ4n) is 3.23. The van der Waals surface area contributed by atoms with E-state index < -0.39 is 5.54 Å². The number of nitrogens with one attached hydrogen (secondary N) is 1. The summed E-state index contributed by atoms with van der Waals surface area (Å²) in [5.74, 6) is 0.323. The second-order valence-corrected chi connectivity index (χ2v) is 8.00. The van der Waals surface area contributed by atoms with Crippen molar-refractivity contribution in [1.82, 2.24) is 10.2 Å². The molecule has 4 heteroatoms. The van der Waals surface area contributed by atoms with Crippen molar-refractivity contribution in [2.45, 2.75) is 66.0 Å². The third kappa shape index (κ3) is 5.59. The molecule has 1 aliphatic carbocycles. The maximum Gasteiger partial charge on any atom is 0.327 e. The van der Waals surface area contributed by atoms with Gasteiger partial charge >= 0.3 is 5.97 Å². The SMILES string of the molecule is CCOC(=O)C(CN(C)CC(C)(C)C)(NC(C)C)C1CC1. The van der Waals surface area contributed by atoms with Crippen molar-refractivity contribution in [2.24, 2.45) is 11.3 Å². The Morgan fingerprint density at radius 1 is 1.29 bits per heavy atom. The molecular formula is C17H34N2O2. The Labute approximate surface area is 130 Å². The van der Waals surface area contributed by atoms with E-state index in [1.54, 1.807) is 0 Å². The molecule has 0 radical (unpaired) electrons. The van der Waals surface area contributed by atoms with E-state index in [2.05, 4.69) is 51.9 Å². The minimum absolute atomic E-state index is 0.0815. The monoisotopic (exact) mass is 298 g/mol. The van der Waals surface area contributed by atoms with Gasteiger partial charge in [0, 0.05) is 19.1 Å². The molecule has 124 valence electrons. The molecule has 4 nitrogen and oxygen atoms in total. The summed E-state index contributed by atoms with van der Waals surface area (Å²) in [7, 11) is 2.10. The first-order valence-corrected chi connectivity index (χ1v) is 8.24.